The molecule has 30 heavy (non-hydrogen) atoms. The minimum absolute atomic E-state index is 0.548. The van der Waals surface area contributed by atoms with Crippen molar-refractivity contribution in [3.63, 3.8) is 0 Å². The summed E-state index contributed by atoms with van der Waals surface area (Å²) in [6, 6.07) is 5.88. The molecule has 0 amide bonds. The predicted molar refractivity (Wildman–Crippen MR) is 116 cm³/mol. The Balaban J connectivity index is 1.35. The average molecular weight is 414 g/mol. The highest BCUT2D eigenvalue weighted by Gasteiger charge is 2.20. The molecule has 1 aromatic heterocycles. The van der Waals surface area contributed by atoms with E-state index in [0.29, 0.717) is 19.8 Å². The molecule has 0 spiro atoms. The van der Waals surface area contributed by atoms with E-state index in [1.165, 1.54) is 12.8 Å². The summed E-state index contributed by atoms with van der Waals surface area (Å²) >= 11 is 0. The van der Waals surface area contributed by atoms with Crippen LogP contribution in [0.25, 0.3) is 0 Å². The summed E-state index contributed by atoms with van der Waals surface area (Å²) in [5.41, 5.74) is 1.96. The molecule has 8 nitrogen and oxygen atoms in total. The Hall–Kier alpha value is -2.74. The van der Waals surface area contributed by atoms with Crippen LogP contribution in [-0.2, 0) is 18.3 Å². The Bertz CT molecular complexity index is 847. The molecular formula is C22H31N5O3. The number of hydrogen-bond acceptors (Lipinski definition) is 5. The summed E-state index contributed by atoms with van der Waals surface area (Å²) in [5, 5.41) is 11.0. The molecule has 2 aromatic rings. The Labute approximate surface area is 177 Å². The van der Waals surface area contributed by atoms with Crippen LogP contribution in [0.15, 0.2) is 35.6 Å². The summed E-state index contributed by atoms with van der Waals surface area (Å²) in [7, 11) is 1.91. The third-order valence-corrected chi connectivity index (χ3v) is 5.00. The fourth-order valence-electron chi connectivity index (χ4n) is 3.16. The largest absolute Gasteiger partial charge is 0.490 e. The van der Waals surface area contributed by atoms with Gasteiger partial charge in [0.2, 0.25) is 0 Å². The molecule has 0 unspecified atom stereocenters. The Morgan fingerprint density at radius 3 is 2.93 bits per heavy atom. The number of aliphatic imine (C=N–C) groups is 1. The number of aromatic nitrogens is 2. The number of benzene rings is 1. The second kappa shape index (κ2) is 10.3. The highest BCUT2D eigenvalue weighted by atomic mass is 16.5. The van der Waals surface area contributed by atoms with Crippen molar-refractivity contribution >= 4 is 11.6 Å². The van der Waals surface area contributed by atoms with Crippen LogP contribution >= 0.6 is 0 Å². The highest BCUT2D eigenvalue weighted by Crippen LogP contribution is 2.32. The van der Waals surface area contributed by atoms with Crippen LogP contribution in [0.2, 0.25) is 0 Å². The summed E-state index contributed by atoms with van der Waals surface area (Å²) in [5.74, 6) is 3.07. The monoisotopic (exact) mass is 413 g/mol. The topological polar surface area (TPSA) is 81.9 Å². The zero-order valence-electron chi connectivity index (χ0n) is 17.6. The van der Waals surface area contributed by atoms with E-state index in [2.05, 4.69) is 15.7 Å². The van der Waals surface area contributed by atoms with Gasteiger partial charge in [-0.15, -0.1) is 0 Å². The van der Waals surface area contributed by atoms with E-state index in [1.54, 1.807) is 4.68 Å². The van der Waals surface area contributed by atoms with Gasteiger partial charge in [-0.25, -0.2) is 4.99 Å². The zero-order chi connectivity index (χ0) is 20.6. The highest BCUT2D eigenvalue weighted by molar-refractivity contribution is 5.93. The van der Waals surface area contributed by atoms with Gasteiger partial charge in [0.15, 0.2) is 17.5 Å². The van der Waals surface area contributed by atoms with Gasteiger partial charge in [-0.05, 0) is 37.3 Å². The number of ether oxygens (including phenoxy) is 3. The van der Waals surface area contributed by atoms with Gasteiger partial charge in [-0.3, -0.25) is 4.68 Å². The van der Waals surface area contributed by atoms with Gasteiger partial charge in [-0.1, -0.05) is 0 Å². The van der Waals surface area contributed by atoms with Crippen LogP contribution in [-0.4, -0.2) is 48.7 Å². The van der Waals surface area contributed by atoms with Gasteiger partial charge in [0.25, 0.3) is 0 Å². The maximum absolute atomic E-state index is 5.80. The number of nitrogens with zero attached hydrogens (tertiary/aromatic N) is 3. The first-order valence-electron chi connectivity index (χ1n) is 10.8. The number of guanidine groups is 1. The molecule has 2 heterocycles. The molecule has 0 radical (unpaired) electrons. The SMILES string of the molecule is Cn1cc(CN=C(NCCCOCC2CC2)Nc2ccc3c(c2)OCCCO3)cn1. The minimum atomic E-state index is 0.548. The summed E-state index contributed by atoms with van der Waals surface area (Å²) in [6.45, 7) is 4.35. The Kier molecular flexibility index (Phi) is 7.07. The second-order valence-corrected chi connectivity index (χ2v) is 7.82. The lowest BCUT2D eigenvalue weighted by Gasteiger charge is -2.14. The van der Waals surface area contributed by atoms with E-state index in [9.17, 15) is 0 Å². The van der Waals surface area contributed by atoms with Crippen LogP contribution in [0.3, 0.4) is 0 Å². The van der Waals surface area contributed by atoms with Crippen molar-refractivity contribution in [2.24, 2.45) is 18.0 Å². The van der Waals surface area contributed by atoms with Crippen LogP contribution in [0.1, 0.15) is 31.2 Å². The van der Waals surface area contributed by atoms with Crippen molar-refractivity contribution in [2.75, 3.05) is 38.3 Å². The van der Waals surface area contributed by atoms with Crippen LogP contribution in [0, 0.1) is 5.92 Å². The standard InChI is InChI=1S/C22H31N5O3/c1-27-15-18(14-25-27)13-24-22(23-8-2-9-28-16-17-4-5-17)26-19-6-7-20-21(12-19)30-11-3-10-29-20/h6-7,12,14-15,17H,2-5,8-11,13,16H2,1H3,(H2,23,24,26). The number of nitrogens with one attached hydrogen (secondary N) is 2. The molecule has 1 aliphatic carbocycles. The molecule has 4 rings (SSSR count). The lowest BCUT2D eigenvalue weighted by Crippen LogP contribution is -2.32. The molecule has 0 saturated heterocycles. The van der Waals surface area contributed by atoms with Gasteiger partial charge in [-0.2, -0.15) is 5.10 Å². The second-order valence-electron chi connectivity index (χ2n) is 7.82. The first-order valence-corrected chi connectivity index (χ1v) is 10.8. The summed E-state index contributed by atoms with van der Waals surface area (Å²) in [4.78, 5) is 4.72. The van der Waals surface area contributed by atoms with E-state index in [1.807, 2.05) is 37.6 Å². The first-order chi connectivity index (χ1) is 14.8. The molecular weight excluding hydrogens is 382 g/mol. The molecule has 2 N–H and O–H groups in total. The first kappa shape index (κ1) is 20.5. The van der Waals surface area contributed by atoms with Crippen molar-refractivity contribution in [3.05, 3.63) is 36.2 Å². The number of hydrogen-bond donors (Lipinski definition) is 2. The molecule has 2 aliphatic rings. The quantitative estimate of drug-likeness (QED) is 0.374. The van der Waals surface area contributed by atoms with Crippen LogP contribution in [0.5, 0.6) is 11.5 Å². The van der Waals surface area contributed by atoms with Gasteiger partial charge in [0, 0.05) is 56.7 Å². The lowest BCUT2D eigenvalue weighted by atomic mass is 10.2. The minimum Gasteiger partial charge on any atom is -0.490 e. The van der Waals surface area contributed by atoms with Crippen molar-refractivity contribution < 1.29 is 14.2 Å². The van der Waals surface area contributed by atoms with Crippen molar-refractivity contribution in [3.8, 4) is 11.5 Å². The van der Waals surface area contributed by atoms with E-state index >= 15 is 0 Å². The number of anilines is 1. The average Bonchev–Trinajstić information content (AvgIpc) is 3.52. The van der Waals surface area contributed by atoms with Crippen LogP contribution in [0.4, 0.5) is 5.69 Å². The molecule has 1 fully saturated rings. The third-order valence-electron chi connectivity index (χ3n) is 5.00. The maximum Gasteiger partial charge on any atom is 0.196 e. The van der Waals surface area contributed by atoms with Gasteiger partial charge < -0.3 is 24.8 Å². The van der Waals surface area contributed by atoms with Crippen LogP contribution < -0.4 is 20.1 Å². The molecule has 162 valence electrons. The molecule has 1 aromatic carbocycles. The van der Waals surface area contributed by atoms with Gasteiger partial charge in [0.1, 0.15) is 0 Å². The third kappa shape index (κ3) is 6.38. The number of rotatable bonds is 9. The number of aryl methyl sites for hydroxylation is 1. The number of fused-ring (bicyclic) bond motifs is 1. The van der Waals surface area contributed by atoms with E-state index < -0.39 is 0 Å². The predicted octanol–water partition coefficient (Wildman–Crippen LogP) is 2.96. The smallest absolute Gasteiger partial charge is 0.196 e. The molecule has 0 atom stereocenters. The van der Waals surface area contributed by atoms with Gasteiger partial charge >= 0.3 is 0 Å². The fourth-order valence-corrected chi connectivity index (χ4v) is 3.16. The zero-order valence-corrected chi connectivity index (χ0v) is 17.6. The fraction of sp³-hybridized carbons (Fsp3) is 0.545. The van der Waals surface area contributed by atoms with Crippen molar-refractivity contribution in [2.45, 2.75) is 32.2 Å². The summed E-state index contributed by atoms with van der Waals surface area (Å²) in [6.07, 6.45) is 8.27. The van der Waals surface area contributed by atoms with Crippen molar-refractivity contribution in [1.29, 1.82) is 0 Å². The van der Waals surface area contributed by atoms with E-state index in [-0.39, 0.29) is 0 Å². The molecule has 0 bridgehead atoms. The molecule has 8 heteroatoms. The summed E-state index contributed by atoms with van der Waals surface area (Å²) < 4.78 is 19.0. The van der Waals surface area contributed by atoms with E-state index in [4.69, 9.17) is 19.2 Å². The van der Waals surface area contributed by atoms with E-state index in [0.717, 1.165) is 67.2 Å². The Morgan fingerprint density at radius 2 is 2.13 bits per heavy atom. The van der Waals surface area contributed by atoms with Gasteiger partial charge in [0.05, 0.1) is 26.0 Å². The molecule has 1 saturated carbocycles. The maximum atomic E-state index is 5.80. The Morgan fingerprint density at radius 1 is 1.27 bits per heavy atom. The van der Waals surface area contributed by atoms with Crippen molar-refractivity contribution in [1.82, 2.24) is 15.1 Å². The lowest BCUT2D eigenvalue weighted by molar-refractivity contribution is 0.123. The normalized spacial score (nSPS) is 16.2. The molecule has 1 aliphatic heterocycles.